The average Bonchev–Trinajstić information content (AvgIpc) is 1.67. The lowest BCUT2D eigenvalue weighted by Gasteiger charge is -2.31. The number of ether oxygens (including phenoxy) is 2. The van der Waals surface area contributed by atoms with Gasteiger partial charge in [0.05, 0.1) is 70.7 Å². The van der Waals surface area contributed by atoms with Crippen molar-refractivity contribution < 1.29 is 121 Å². The Bertz CT molecular complexity index is 5060. The normalized spacial score (nSPS) is 18.5. The number of aromatic nitrogens is 3. The van der Waals surface area contributed by atoms with E-state index in [-0.39, 0.29) is 109 Å². The van der Waals surface area contributed by atoms with Crippen LogP contribution in [0.2, 0.25) is 0 Å². The molecule has 53 heteroatoms. The van der Waals surface area contributed by atoms with Crippen molar-refractivity contribution in [3.05, 3.63) is 90.1 Å². The van der Waals surface area contributed by atoms with Crippen LogP contribution >= 0.6 is 0 Å². The Labute approximate surface area is 861 Å². The number of H-pyrrole nitrogens is 2. The third-order valence-corrected chi connectivity index (χ3v) is 24.6. The van der Waals surface area contributed by atoms with Gasteiger partial charge in [-0.25, -0.2) is 10.5 Å². The van der Waals surface area contributed by atoms with Crippen molar-refractivity contribution in [1.82, 2.24) is 121 Å². The minimum Gasteiger partial charge on any atom is -0.480 e. The molecule has 0 bridgehead atoms. The van der Waals surface area contributed by atoms with Crippen molar-refractivity contribution in [2.24, 2.45) is 22.3 Å². The summed E-state index contributed by atoms with van der Waals surface area (Å²) in [5.74, 6) is -19.3. The molecule has 2 aromatic heterocycles. The van der Waals surface area contributed by atoms with Crippen LogP contribution in [0.3, 0.4) is 0 Å². The third-order valence-electron chi connectivity index (χ3n) is 24.6. The highest BCUT2D eigenvalue weighted by atomic mass is 16.5. The number of amidine groups is 1. The molecule has 822 valence electrons. The molecule has 0 unspecified atom stereocenters. The highest BCUT2D eigenvalue weighted by molar-refractivity contribution is 6.01. The molecule has 5 heterocycles. The molecule has 2 aromatic carbocycles. The van der Waals surface area contributed by atoms with Gasteiger partial charge in [-0.15, -0.1) is 10.6 Å². The summed E-state index contributed by atoms with van der Waals surface area (Å²) in [5.41, 5.74) is 27.2. The maximum Gasteiger partial charge on any atom is 0.317 e. The number of unbranched alkanes of at least 4 members (excludes halogenated alkanes) is 13. The number of hydrogen-bond donors (Lipinski definition) is 28. The van der Waals surface area contributed by atoms with Crippen LogP contribution in [-0.2, 0) is 120 Å². The van der Waals surface area contributed by atoms with Crippen LogP contribution in [0.1, 0.15) is 204 Å². The van der Waals surface area contributed by atoms with E-state index in [0.29, 0.717) is 39.8 Å². The summed E-state index contributed by atoms with van der Waals surface area (Å²) in [7, 11) is 0. The molecule has 0 spiro atoms. The van der Waals surface area contributed by atoms with Gasteiger partial charge < -0.3 is 142 Å². The first-order valence-electron chi connectivity index (χ1n) is 50.6. The second-order valence-electron chi connectivity index (χ2n) is 36.7. The number of nitrogens with one attached hydrogen (secondary N) is 21. The van der Waals surface area contributed by atoms with E-state index in [1.165, 1.54) is 63.9 Å². The number of primary amides is 2. The lowest BCUT2D eigenvalue weighted by atomic mass is 10.0. The number of nitrogens with two attached hydrogens (primary N) is 3. The fourth-order valence-corrected chi connectivity index (χ4v) is 16.7. The molecule has 0 radical (unpaired) electrons. The number of carbonyl (C=O) groups is 19. The summed E-state index contributed by atoms with van der Waals surface area (Å²) >= 11 is 0. The Hall–Kier alpha value is -14.6. The number of carboxylic acid groups (broad SMARTS) is 2. The van der Waals surface area contributed by atoms with Crippen LogP contribution in [0.5, 0.6) is 0 Å². The van der Waals surface area contributed by atoms with Gasteiger partial charge in [-0.05, 0) is 81.4 Å². The monoisotopic (exact) mass is 2090 g/mol. The van der Waals surface area contributed by atoms with Gasteiger partial charge in [-0.1, -0.05) is 139 Å². The Morgan fingerprint density at radius 1 is 0.584 bits per heavy atom. The first-order valence-corrected chi connectivity index (χ1v) is 50.6. The van der Waals surface area contributed by atoms with Crippen LogP contribution in [0.25, 0.3) is 10.9 Å². The number of imidazole rings is 1. The fraction of sp³-hybridized carbons (Fsp3) is 0.604. The first kappa shape index (κ1) is 121. The number of aliphatic hydroxyl groups is 2. The van der Waals surface area contributed by atoms with Gasteiger partial charge in [0, 0.05) is 107 Å². The third kappa shape index (κ3) is 47.0. The topological polar surface area (TPSA) is 805 Å². The molecule has 17 amide bonds. The van der Waals surface area contributed by atoms with Gasteiger partial charge in [0.2, 0.25) is 100 Å². The predicted octanol–water partition coefficient (Wildman–Crippen LogP) is -5.36. The highest BCUT2D eigenvalue weighted by Crippen LogP contribution is 2.25. The largest absolute Gasteiger partial charge is 0.480 e. The standard InChI is InChI=1S/C96H148N28O25/c1-2-3-28-66(87(139)115-69-35-37-79(129)102-38-23-22-30-65(85(98)137)111-91(143)71(45-60-48-105-64-29-21-20-27-63(60)64)116-88(140)67(31-24-39-104-96(99)100)112-90(142)70(44-59-25-16-15-17-26-59)118-94(146)75-47-62(126)52-124(75)95(69)147)113-92(144)73(109-81(131)53-123(54-83(133)134)55-84(135)136)50-107-86(138)72(46-61-49-101-58-108-61)117-89(141)68(34-36-76(97)127)114-93(145)74(56-125)110-80(130)51-106-82(132)57-149-43-42-148-41-40-103-78(128)33-19-14-12-10-8-6-4-5-7-9-11-13-18-32-77-119-121-122-120-77/h15-17,20-21,25-27,29,48-49,58,62,65-75,105,121-122,125-126H,2-14,18-19,22-24,28,30-47,50-57H2,1H3,(H2,97,127)(H2,98,137)(H,101,108)(H,102,129)(H,103,128)(H,106,132)(H,107,138)(H,109,131)(H,110,130)(H,111,143)(H,112,142)(H,113,144)(H,114,145)(H,115,139)(H,116,140)(H,117,141)(H,118,146)(H,119,120)(H,133,134)(H,135,136)(H4,99,100,104)/t62-,65+,66+,67+,68+,69+,70-,71+,72+,73+,74+,75+/m1/s1. The number of aliphatic hydroxyl groups excluding tert-OH is 2. The summed E-state index contributed by atoms with van der Waals surface area (Å²) in [4.78, 5) is 276. The van der Waals surface area contributed by atoms with E-state index < -0.39 is 276 Å². The van der Waals surface area contributed by atoms with Crippen LogP contribution in [0.4, 0.5) is 0 Å². The maximum absolute atomic E-state index is 15.5. The zero-order valence-electron chi connectivity index (χ0n) is 84.1. The van der Waals surface area contributed by atoms with E-state index in [2.05, 4.69) is 116 Å². The number of hydrogen-bond acceptors (Lipinski definition) is 30. The smallest absolute Gasteiger partial charge is 0.317 e. The number of para-hydroxylation sites is 1. The van der Waals surface area contributed by atoms with Crippen molar-refractivity contribution in [1.29, 1.82) is 5.41 Å². The predicted molar refractivity (Wildman–Crippen MR) is 538 cm³/mol. The lowest BCUT2D eigenvalue weighted by molar-refractivity contribution is -0.143. The quantitative estimate of drug-likeness (QED) is 0.0111. The summed E-state index contributed by atoms with van der Waals surface area (Å²) < 4.78 is 10.8. The van der Waals surface area contributed by atoms with Crippen molar-refractivity contribution in [3.63, 3.8) is 0 Å². The molecular weight excluding hydrogens is 1950 g/mol. The lowest BCUT2D eigenvalue weighted by Crippen LogP contribution is -2.61. The summed E-state index contributed by atoms with van der Waals surface area (Å²) in [6.45, 7) is -4.98. The number of carbonyl (C=O) groups excluding carboxylic acids is 17. The number of hydrazine groups is 2. The zero-order valence-corrected chi connectivity index (χ0v) is 84.1. The van der Waals surface area contributed by atoms with Gasteiger partial charge in [0.1, 0.15) is 78.9 Å². The van der Waals surface area contributed by atoms with Crippen LogP contribution < -0.4 is 113 Å². The minimum absolute atomic E-state index is 0.0164. The molecule has 7 rings (SSSR count). The van der Waals surface area contributed by atoms with E-state index in [1.807, 2.05) is 0 Å². The zero-order chi connectivity index (χ0) is 108. The molecule has 53 nitrogen and oxygen atoms in total. The van der Waals surface area contributed by atoms with Crippen molar-refractivity contribution in [2.45, 2.75) is 279 Å². The number of guanidine groups is 1. The number of amides is 17. The van der Waals surface area contributed by atoms with Crippen LogP contribution in [0, 0.1) is 5.41 Å². The molecule has 31 N–H and O–H groups in total. The van der Waals surface area contributed by atoms with Crippen LogP contribution in [-0.4, -0.2) is 334 Å². The van der Waals surface area contributed by atoms with Gasteiger partial charge in [-0.3, -0.25) is 107 Å². The van der Waals surface area contributed by atoms with Gasteiger partial charge in [0.15, 0.2) is 5.96 Å². The number of fused-ring (bicyclic) bond motifs is 2. The second kappa shape index (κ2) is 67.3. The molecule has 2 fully saturated rings. The van der Waals surface area contributed by atoms with Gasteiger partial charge >= 0.3 is 11.9 Å². The number of benzene rings is 2. The summed E-state index contributed by atoms with van der Waals surface area (Å²) in [6, 6.07) is -3.23. The minimum atomic E-state index is -2.06. The van der Waals surface area contributed by atoms with Gasteiger partial charge in [-0.2, -0.15) is 0 Å². The summed E-state index contributed by atoms with van der Waals surface area (Å²) in [6.07, 6.45) is 15.4. The highest BCUT2D eigenvalue weighted by Gasteiger charge is 2.45. The van der Waals surface area contributed by atoms with Crippen LogP contribution in [0.15, 0.2) is 78.4 Å². The van der Waals surface area contributed by atoms with E-state index in [9.17, 15) is 87.5 Å². The molecule has 3 aliphatic heterocycles. The van der Waals surface area contributed by atoms with Crippen molar-refractivity contribution in [2.75, 3.05) is 91.9 Å². The Balaban J connectivity index is 1.02. The molecule has 0 aliphatic carbocycles. The van der Waals surface area contributed by atoms with E-state index in [0.717, 1.165) is 49.3 Å². The molecule has 149 heavy (non-hydrogen) atoms. The van der Waals surface area contributed by atoms with Crippen molar-refractivity contribution in [3.8, 4) is 0 Å². The maximum atomic E-state index is 15.5. The molecular formula is C96H148N28O25. The SMILES string of the molecule is CCCC[C@H](NC(=O)[C@H](CNC(=O)[C@H](Cc1c[nH]cn1)NC(=O)[C@H](CCC(N)=O)NC(=O)[C@H](CO)NC(=O)CNC(=O)COCCOCCNC(=O)CCCCCCCCCCCCCCCC1=NNNN1)NC(=O)CN(CC(=O)O)CC(=O)O)C(=O)N[C@H]1CCC(=O)NCCCC[C@@H](C(N)=O)NC(=O)[C@H](Cc2c[nH]c3ccccc23)NC(=O)[C@H](CCCNC(=N)N)NC(=O)[C@@H](Cc2ccccc2)NC(=O)[C@@H]2C[C@@H](O)CN2C1=O. The molecule has 3 aliphatic rings. The molecule has 0 saturated carbocycles. The number of nitrogens with zero attached hydrogens (tertiary/aromatic N) is 4. The van der Waals surface area contributed by atoms with E-state index >= 15 is 24.0 Å². The fourth-order valence-electron chi connectivity index (χ4n) is 16.7. The number of carboxylic acids is 2. The molecule has 12 atom stereocenters. The molecule has 4 aromatic rings. The number of aliphatic carboxylic acids is 2. The number of aromatic amines is 2. The summed E-state index contributed by atoms with van der Waals surface area (Å²) in [5, 5.41) is 91.9. The first-order chi connectivity index (χ1) is 71.6. The van der Waals surface area contributed by atoms with E-state index in [1.54, 1.807) is 67.7 Å². The number of hydrazone groups is 1. The van der Waals surface area contributed by atoms with Crippen molar-refractivity contribution >= 4 is 135 Å². The average molecular weight is 2090 g/mol. The Kier molecular flexibility index (Phi) is 54.8. The Morgan fingerprint density at radius 2 is 1.21 bits per heavy atom. The Morgan fingerprint density at radius 3 is 1.87 bits per heavy atom. The number of rotatable bonds is 63. The van der Waals surface area contributed by atoms with E-state index in [4.69, 9.17) is 32.1 Å². The molecule has 2 saturated heterocycles. The van der Waals surface area contributed by atoms with Gasteiger partial charge in [0.25, 0.3) is 0 Å². The second-order valence-corrected chi connectivity index (χ2v) is 36.7.